The lowest BCUT2D eigenvalue weighted by Crippen LogP contribution is -2.34. The highest BCUT2D eigenvalue weighted by molar-refractivity contribution is 5.45. The zero-order chi connectivity index (χ0) is 14.2. The average molecular weight is 275 g/mol. The van der Waals surface area contributed by atoms with Crippen molar-refractivity contribution in [2.75, 3.05) is 0 Å². The maximum absolute atomic E-state index is 9.55. The molecule has 0 aromatic heterocycles. The summed E-state index contributed by atoms with van der Waals surface area (Å²) in [5, 5.41) is 13.2. The highest BCUT2D eigenvalue weighted by atomic mass is 16.5. The summed E-state index contributed by atoms with van der Waals surface area (Å²) in [7, 11) is 0. The van der Waals surface area contributed by atoms with Gasteiger partial charge in [0, 0.05) is 24.6 Å². The lowest BCUT2D eigenvalue weighted by atomic mass is 9.93. The first-order valence-electron chi connectivity index (χ1n) is 7.75. The first-order chi connectivity index (χ1) is 9.53. The molecule has 1 saturated carbocycles. The predicted molar refractivity (Wildman–Crippen MR) is 80.0 cm³/mol. The van der Waals surface area contributed by atoms with Crippen LogP contribution in [0.1, 0.15) is 50.7 Å². The van der Waals surface area contributed by atoms with Gasteiger partial charge in [0.2, 0.25) is 0 Å². The second-order valence-electron chi connectivity index (χ2n) is 6.83. The first-order valence-corrected chi connectivity index (χ1v) is 7.75. The molecule has 0 bridgehead atoms. The van der Waals surface area contributed by atoms with Crippen molar-refractivity contribution < 1.29 is 9.84 Å². The molecule has 3 nitrogen and oxygen atoms in total. The zero-order valence-corrected chi connectivity index (χ0v) is 12.5. The minimum atomic E-state index is -0.0850. The number of rotatable bonds is 3. The number of benzene rings is 1. The Kier molecular flexibility index (Phi) is 3.74. The second kappa shape index (κ2) is 5.38. The van der Waals surface area contributed by atoms with Crippen molar-refractivity contribution in [3.05, 3.63) is 29.3 Å². The van der Waals surface area contributed by atoms with Gasteiger partial charge in [-0.1, -0.05) is 18.2 Å². The molecule has 110 valence electrons. The Morgan fingerprint density at radius 3 is 2.75 bits per heavy atom. The predicted octanol–water partition coefficient (Wildman–Crippen LogP) is 2.79. The molecular formula is C17H25NO2. The largest absolute Gasteiger partial charge is 0.487 e. The number of nitrogens with one attached hydrogen (secondary N) is 1. The highest BCUT2D eigenvalue weighted by Gasteiger charge is 2.31. The molecule has 0 radical (unpaired) electrons. The van der Waals surface area contributed by atoms with E-state index in [2.05, 4.69) is 37.4 Å². The Hall–Kier alpha value is -1.06. The van der Waals surface area contributed by atoms with Gasteiger partial charge < -0.3 is 15.2 Å². The molecule has 1 fully saturated rings. The minimum Gasteiger partial charge on any atom is -0.487 e. The van der Waals surface area contributed by atoms with E-state index in [0.717, 1.165) is 44.4 Å². The van der Waals surface area contributed by atoms with Gasteiger partial charge in [-0.3, -0.25) is 0 Å². The SMILES string of the molecule is CC1(C)Cc2cccc(CNC3CCC(O)CC3)c2O1. The minimum absolute atomic E-state index is 0.0760. The maximum atomic E-state index is 9.55. The van der Waals surface area contributed by atoms with Crippen molar-refractivity contribution in [2.24, 2.45) is 0 Å². The van der Waals surface area contributed by atoms with Crippen LogP contribution in [0.2, 0.25) is 0 Å². The number of fused-ring (bicyclic) bond motifs is 1. The summed E-state index contributed by atoms with van der Waals surface area (Å²) >= 11 is 0. The van der Waals surface area contributed by atoms with Gasteiger partial charge in [0.1, 0.15) is 11.4 Å². The van der Waals surface area contributed by atoms with Crippen molar-refractivity contribution in [1.82, 2.24) is 5.32 Å². The Labute approximate surface area is 121 Å². The standard InChI is InChI=1S/C17H25NO2/c1-17(2)10-12-4-3-5-13(16(12)20-17)11-18-14-6-8-15(19)9-7-14/h3-5,14-15,18-19H,6-11H2,1-2H3. The van der Waals surface area contributed by atoms with Gasteiger partial charge in [0.15, 0.2) is 0 Å². The smallest absolute Gasteiger partial charge is 0.127 e. The molecule has 1 aliphatic heterocycles. The van der Waals surface area contributed by atoms with Crippen molar-refractivity contribution in [1.29, 1.82) is 0 Å². The third-order valence-electron chi connectivity index (χ3n) is 4.45. The summed E-state index contributed by atoms with van der Waals surface area (Å²) in [5.74, 6) is 1.08. The van der Waals surface area contributed by atoms with Crippen molar-refractivity contribution >= 4 is 0 Å². The van der Waals surface area contributed by atoms with E-state index in [1.165, 1.54) is 11.1 Å². The number of aliphatic hydroxyl groups is 1. The second-order valence-corrected chi connectivity index (χ2v) is 6.83. The van der Waals surface area contributed by atoms with E-state index >= 15 is 0 Å². The molecule has 2 aliphatic rings. The molecule has 20 heavy (non-hydrogen) atoms. The van der Waals surface area contributed by atoms with Crippen LogP contribution in [0.25, 0.3) is 0 Å². The van der Waals surface area contributed by atoms with Crippen LogP contribution in [-0.4, -0.2) is 22.9 Å². The van der Waals surface area contributed by atoms with Crippen LogP contribution >= 0.6 is 0 Å². The van der Waals surface area contributed by atoms with Crippen LogP contribution in [0.15, 0.2) is 18.2 Å². The number of aliphatic hydroxyl groups excluding tert-OH is 1. The van der Waals surface area contributed by atoms with Gasteiger partial charge in [-0.15, -0.1) is 0 Å². The monoisotopic (exact) mass is 275 g/mol. The summed E-state index contributed by atoms with van der Waals surface area (Å²) in [6.45, 7) is 5.15. The van der Waals surface area contributed by atoms with E-state index in [-0.39, 0.29) is 11.7 Å². The molecule has 0 amide bonds. The van der Waals surface area contributed by atoms with Gasteiger partial charge in [-0.05, 0) is 45.1 Å². The summed E-state index contributed by atoms with van der Waals surface area (Å²) in [4.78, 5) is 0. The maximum Gasteiger partial charge on any atom is 0.127 e. The van der Waals surface area contributed by atoms with Gasteiger partial charge >= 0.3 is 0 Å². The lowest BCUT2D eigenvalue weighted by molar-refractivity contribution is 0.116. The van der Waals surface area contributed by atoms with Crippen molar-refractivity contribution in [3.8, 4) is 5.75 Å². The summed E-state index contributed by atoms with van der Waals surface area (Å²) in [6, 6.07) is 6.99. The molecule has 0 unspecified atom stereocenters. The zero-order valence-electron chi connectivity index (χ0n) is 12.5. The molecule has 3 heteroatoms. The number of para-hydroxylation sites is 1. The topological polar surface area (TPSA) is 41.5 Å². The Balaban J connectivity index is 1.63. The van der Waals surface area contributed by atoms with E-state index in [1.54, 1.807) is 0 Å². The fourth-order valence-corrected chi connectivity index (χ4v) is 3.35. The molecule has 0 atom stereocenters. The van der Waals surface area contributed by atoms with Crippen molar-refractivity contribution in [3.63, 3.8) is 0 Å². The normalized spacial score (nSPS) is 27.9. The molecular weight excluding hydrogens is 250 g/mol. The van der Waals surface area contributed by atoms with E-state index in [1.807, 2.05) is 0 Å². The van der Waals surface area contributed by atoms with Crippen LogP contribution in [0.4, 0.5) is 0 Å². The molecule has 0 spiro atoms. The average Bonchev–Trinajstić information content (AvgIpc) is 2.72. The number of hydrogen-bond donors (Lipinski definition) is 2. The van der Waals surface area contributed by atoms with Crippen LogP contribution in [0.3, 0.4) is 0 Å². The Bertz CT molecular complexity index is 476. The van der Waals surface area contributed by atoms with Crippen LogP contribution in [-0.2, 0) is 13.0 Å². The van der Waals surface area contributed by atoms with Crippen LogP contribution < -0.4 is 10.1 Å². The third-order valence-corrected chi connectivity index (χ3v) is 4.45. The Morgan fingerprint density at radius 1 is 1.25 bits per heavy atom. The Morgan fingerprint density at radius 2 is 2.00 bits per heavy atom. The molecule has 1 aliphatic carbocycles. The van der Waals surface area contributed by atoms with Gasteiger partial charge in [-0.2, -0.15) is 0 Å². The highest BCUT2D eigenvalue weighted by Crippen LogP contribution is 2.37. The fourth-order valence-electron chi connectivity index (χ4n) is 3.35. The fraction of sp³-hybridized carbons (Fsp3) is 0.647. The quantitative estimate of drug-likeness (QED) is 0.891. The summed E-state index contributed by atoms with van der Waals surface area (Å²) < 4.78 is 6.10. The molecule has 3 rings (SSSR count). The molecule has 2 N–H and O–H groups in total. The molecule has 1 aromatic carbocycles. The van der Waals surface area contributed by atoms with E-state index in [4.69, 9.17) is 4.74 Å². The lowest BCUT2D eigenvalue weighted by Gasteiger charge is -2.26. The first kappa shape index (κ1) is 13.9. The van der Waals surface area contributed by atoms with Gasteiger partial charge in [0.05, 0.1) is 6.10 Å². The molecule has 1 heterocycles. The van der Waals surface area contributed by atoms with Crippen molar-refractivity contribution in [2.45, 2.75) is 70.2 Å². The molecule has 0 saturated heterocycles. The van der Waals surface area contributed by atoms with Gasteiger partial charge in [-0.25, -0.2) is 0 Å². The summed E-state index contributed by atoms with van der Waals surface area (Å²) in [5.41, 5.74) is 2.51. The van der Waals surface area contributed by atoms with E-state index in [0.29, 0.717) is 6.04 Å². The van der Waals surface area contributed by atoms with E-state index < -0.39 is 0 Å². The molecule has 1 aromatic rings. The van der Waals surface area contributed by atoms with E-state index in [9.17, 15) is 5.11 Å². The number of hydrogen-bond acceptors (Lipinski definition) is 3. The van der Waals surface area contributed by atoms with Gasteiger partial charge in [0.25, 0.3) is 0 Å². The van der Waals surface area contributed by atoms with Crippen LogP contribution in [0, 0.1) is 0 Å². The van der Waals surface area contributed by atoms with Crippen LogP contribution in [0.5, 0.6) is 5.75 Å². The number of ether oxygens (including phenoxy) is 1. The third kappa shape index (κ3) is 2.99. The summed E-state index contributed by atoms with van der Waals surface area (Å²) in [6.07, 6.45) is 4.90.